The lowest BCUT2D eigenvalue weighted by Crippen LogP contribution is -2.35. The van der Waals surface area contributed by atoms with Gasteiger partial charge >= 0.3 is 0 Å². The maximum Gasteiger partial charge on any atom is 0.101 e. The maximum atomic E-state index is 9.89. The summed E-state index contributed by atoms with van der Waals surface area (Å²) < 4.78 is 0. The molecule has 0 aromatic carbocycles. The summed E-state index contributed by atoms with van der Waals surface area (Å²) in [6.07, 6.45) is -0.372. The lowest BCUT2D eigenvalue weighted by molar-refractivity contribution is 0.163. The summed E-state index contributed by atoms with van der Waals surface area (Å²) >= 11 is 1.61. The molecular weight excluding hydrogens is 218 g/mol. The lowest BCUT2D eigenvalue weighted by atomic mass is 9.81. The molecule has 0 spiro atoms. The summed E-state index contributed by atoms with van der Waals surface area (Å²) in [5, 5.41) is 15.2. The molecule has 0 saturated carbocycles. The van der Waals surface area contributed by atoms with Crippen LogP contribution in [0.1, 0.15) is 38.7 Å². The van der Waals surface area contributed by atoms with E-state index in [1.165, 1.54) is 0 Å². The third-order valence-corrected chi connectivity index (χ3v) is 4.33. The molecule has 2 nitrogen and oxygen atoms in total. The molecule has 0 aliphatic heterocycles. The van der Waals surface area contributed by atoms with Crippen LogP contribution >= 0.6 is 11.3 Å². The monoisotopic (exact) mass is 241 g/mol. The fourth-order valence-electron chi connectivity index (χ4n) is 1.32. The highest BCUT2D eigenvalue weighted by molar-refractivity contribution is 7.10. The Kier molecular flexibility index (Phi) is 4.96. The molecule has 0 fully saturated rings. The quantitative estimate of drug-likeness (QED) is 0.802. The highest BCUT2D eigenvalue weighted by Gasteiger charge is 2.22. The van der Waals surface area contributed by atoms with Crippen molar-refractivity contribution in [3.05, 3.63) is 22.4 Å². The zero-order chi connectivity index (χ0) is 12.2. The smallest absolute Gasteiger partial charge is 0.101 e. The minimum Gasteiger partial charge on any atom is -0.386 e. The number of thiophene rings is 1. The topological polar surface area (TPSA) is 32.3 Å². The van der Waals surface area contributed by atoms with Crippen LogP contribution in [0.2, 0.25) is 0 Å². The van der Waals surface area contributed by atoms with Gasteiger partial charge in [-0.2, -0.15) is 0 Å². The number of nitrogens with one attached hydrogen (secondary N) is 1. The van der Waals surface area contributed by atoms with Gasteiger partial charge < -0.3 is 10.4 Å². The predicted octanol–water partition coefficient (Wildman–Crippen LogP) is 3.05. The first-order valence-corrected chi connectivity index (χ1v) is 6.73. The van der Waals surface area contributed by atoms with Crippen LogP contribution in [-0.2, 0) is 0 Å². The molecule has 0 bridgehead atoms. The average Bonchev–Trinajstić information content (AvgIpc) is 2.69. The van der Waals surface area contributed by atoms with E-state index in [9.17, 15) is 5.11 Å². The molecule has 0 saturated heterocycles. The highest BCUT2D eigenvalue weighted by Crippen LogP contribution is 2.25. The SMILES string of the molecule is CC(C)C(C)(C)CNCC(O)c1cccs1. The number of hydrogen-bond acceptors (Lipinski definition) is 3. The molecule has 1 unspecified atom stereocenters. The zero-order valence-electron chi connectivity index (χ0n) is 10.7. The van der Waals surface area contributed by atoms with Crippen LogP contribution in [0.3, 0.4) is 0 Å². The predicted molar refractivity (Wildman–Crippen MR) is 70.8 cm³/mol. The standard InChI is InChI=1S/C13H23NOS/c1-10(2)13(3,4)9-14-8-11(15)12-6-5-7-16-12/h5-7,10-11,14-15H,8-9H2,1-4H3. The Morgan fingerprint density at radius 2 is 2.12 bits per heavy atom. The van der Waals surface area contributed by atoms with E-state index in [0.717, 1.165) is 11.4 Å². The number of aliphatic hydroxyl groups excluding tert-OH is 1. The van der Waals surface area contributed by atoms with Gasteiger partial charge in [0.15, 0.2) is 0 Å². The summed E-state index contributed by atoms with van der Waals surface area (Å²) in [5.74, 6) is 0.638. The van der Waals surface area contributed by atoms with Gasteiger partial charge in [-0.3, -0.25) is 0 Å². The molecule has 0 amide bonds. The van der Waals surface area contributed by atoms with E-state index in [-0.39, 0.29) is 11.5 Å². The van der Waals surface area contributed by atoms with E-state index in [4.69, 9.17) is 0 Å². The van der Waals surface area contributed by atoms with Crippen molar-refractivity contribution in [1.82, 2.24) is 5.32 Å². The molecule has 0 aliphatic rings. The summed E-state index contributed by atoms with van der Waals surface area (Å²) in [7, 11) is 0. The summed E-state index contributed by atoms with van der Waals surface area (Å²) in [6.45, 7) is 10.5. The number of hydrogen-bond donors (Lipinski definition) is 2. The largest absolute Gasteiger partial charge is 0.386 e. The van der Waals surface area contributed by atoms with Crippen molar-refractivity contribution in [3.8, 4) is 0 Å². The second-order valence-corrected chi connectivity index (χ2v) is 6.28. The first-order valence-electron chi connectivity index (χ1n) is 5.85. The summed E-state index contributed by atoms with van der Waals surface area (Å²) in [6, 6.07) is 3.95. The number of rotatable bonds is 6. The maximum absolute atomic E-state index is 9.89. The van der Waals surface area contributed by atoms with E-state index in [0.29, 0.717) is 12.5 Å². The molecule has 1 heterocycles. The third-order valence-electron chi connectivity index (χ3n) is 3.35. The lowest BCUT2D eigenvalue weighted by Gasteiger charge is -2.29. The third kappa shape index (κ3) is 3.89. The molecule has 16 heavy (non-hydrogen) atoms. The van der Waals surface area contributed by atoms with Crippen LogP contribution < -0.4 is 5.32 Å². The van der Waals surface area contributed by atoms with Crippen molar-refractivity contribution in [3.63, 3.8) is 0 Å². The molecule has 1 aromatic heterocycles. The van der Waals surface area contributed by atoms with Crippen molar-refractivity contribution in [2.75, 3.05) is 13.1 Å². The molecule has 92 valence electrons. The second kappa shape index (κ2) is 5.80. The van der Waals surface area contributed by atoms with Gasteiger partial charge in [-0.25, -0.2) is 0 Å². The molecular formula is C13H23NOS. The van der Waals surface area contributed by atoms with Crippen molar-refractivity contribution in [2.45, 2.75) is 33.8 Å². The van der Waals surface area contributed by atoms with Gasteiger partial charge in [0, 0.05) is 18.0 Å². The second-order valence-electron chi connectivity index (χ2n) is 5.31. The van der Waals surface area contributed by atoms with Gasteiger partial charge in [-0.05, 0) is 22.8 Å². The van der Waals surface area contributed by atoms with Gasteiger partial charge in [0.1, 0.15) is 6.10 Å². The van der Waals surface area contributed by atoms with E-state index >= 15 is 0 Å². The summed E-state index contributed by atoms with van der Waals surface area (Å²) in [5.41, 5.74) is 0.273. The molecule has 0 aliphatic carbocycles. The van der Waals surface area contributed by atoms with Gasteiger partial charge in [-0.15, -0.1) is 11.3 Å². The average molecular weight is 241 g/mol. The van der Waals surface area contributed by atoms with Crippen molar-refractivity contribution < 1.29 is 5.11 Å². The molecule has 2 N–H and O–H groups in total. The van der Waals surface area contributed by atoms with Crippen molar-refractivity contribution in [2.24, 2.45) is 11.3 Å². The van der Waals surface area contributed by atoms with Gasteiger partial charge in [0.2, 0.25) is 0 Å². The Morgan fingerprint density at radius 1 is 1.44 bits per heavy atom. The first-order chi connectivity index (χ1) is 7.43. The Balaban J connectivity index is 2.31. The van der Waals surface area contributed by atoms with Crippen LogP contribution in [0.4, 0.5) is 0 Å². The fourth-order valence-corrected chi connectivity index (χ4v) is 2.03. The van der Waals surface area contributed by atoms with E-state index in [1.807, 2.05) is 17.5 Å². The first kappa shape index (κ1) is 13.7. The van der Waals surface area contributed by atoms with E-state index in [1.54, 1.807) is 11.3 Å². The van der Waals surface area contributed by atoms with Crippen molar-refractivity contribution in [1.29, 1.82) is 0 Å². The van der Waals surface area contributed by atoms with E-state index in [2.05, 4.69) is 33.0 Å². The minimum absolute atomic E-state index is 0.273. The van der Waals surface area contributed by atoms with Crippen LogP contribution in [0.5, 0.6) is 0 Å². The normalized spacial score (nSPS) is 14.4. The molecule has 3 heteroatoms. The van der Waals surface area contributed by atoms with Gasteiger partial charge in [0.25, 0.3) is 0 Å². The Hall–Kier alpha value is -0.380. The van der Waals surface area contributed by atoms with Crippen molar-refractivity contribution >= 4 is 11.3 Å². The molecule has 1 rings (SSSR count). The van der Waals surface area contributed by atoms with Crippen LogP contribution in [0, 0.1) is 11.3 Å². The highest BCUT2D eigenvalue weighted by atomic mass is 32.1. The van der Waals surface area contributed by atoms with Crippen LogP contribution in [-0.4, -0.2) is 18.2 Å². The van der Waals surface area contributed by atoms with Gasteiger partial charge in [0.05, 0.1) is 0 Å². The van der Waals surface area contributed by atoms with Gasteiger partial charge in [-0.1, -0.05) is 33.8 Å². The minimum atomic E-state index is -0.372. The molecule has 1 aromatic rings. The van der Waals surface area contributed by atoms with Crippen LogP contribution in [0.15, 0.2) is 17.5 Å². The Bertz CT molecular complexity index is 293. The zero-order valence-corrected chi connectivity index (χ0v) is 11.5. The number of aliphatic hydroxyl groups is 1. The summed E-state index contributed by atoms with van der Waals surface area (Å²) in [4.78, 5) is 1.04. The van der Waals surface area contributed by atoms with Crippen LogP contribution in [0.25, 0.3) is 0 Å². The Morgan fingerprint density at radius 3 is 2.62 bits per heavy atom. The molecule has 1 atom stereocenters. The Labute approximate surface area is 103 Å². The van der Waals surface area contributed by atoms with E-state index < -0.39 is 0 Å². The fraction of sp³-hybridized carbons (Fsp3) is 0.692. The molecule has 0 radical (unpaired) electrons.